The van der Waals surface area contributed by atoms with Crippen LogP contribution in [0.25, 0.3) is 0 Å². The van der Waals surface area contributed by atoms with Gasteiger partial charge in [-0.25, -0.2) is 0 Å². The zero-order chi connectivity index (χ0) is 11.4. The SMILES string of the molecule is COC[C@@H](O)[C@@H](O)[C@](C)(O)[C@H](O)CO. The molecule has 6 heteroatoms. The molecule has 86 valence electrons. The molecule has 0 unspecified atom stereocenters. The summed E-state index contributed by atoms with van der Waals surface area (Å²) in [6.45, 7) is 0.247. The standard InChI is InChI=1S/C8H18O6/c1-8(13,6(11)3-9)7(12)5(10)4-14-2/h5-7,9-13H,3-4H2,1-2H3/t5-,6-,7-,8-/m1/s1. The molecule has 0 radical (unpaired) electrons. The van der Waals surface area contributed by atoms with Crippen LogP contribution in [0.5, 0.6) is 0 Å². The first-order chi connectivity index (χ1) is 6.37. The van der Waals surface area contributed by atoms with Crippen molar-refractivity contribution in [1.29, 1.82) is 0 Å². The minimum Gasteiger partial charge on any atom is -0.394 e. The minimum atomic E-state index is -1.98. The highest BCUT2D eigenvalue weighted by Crippen LogP contribution is 2.18. The number of hydrogen-bond acceptors (Lipinski definition) is 6. The van der Waals surface area contributed by atoms with E-state index in [1.54, 1.807) is 0 Å². The second-order valence-electron chi connectivity index (χ2n) is 3.39. The molecule has 0 aliphatic carbocycles. The van der Waals surface area contributed by atoms with Crippen LogP contribution in [0.1, 0.15) is 6.92 Å². The molecule has 5 N–H and O–H groups in total. The number of rotatable bonds is 6. The average Bonchev–Trinajstić information content (AvgIpc) is 2.15. The number of aliphatic hydroxyl groups is 5. The van der Waals surface area contributed by atoms with Crippen molar-refractivity contribution < 1.29 is 30.3 Å². The van der Waals surface area contributed by atoms with Gasteiger partial charge in [-0.15, -0.1) is 0 Å². The molecule has 0 rings (SSSR count). The quantitative estimate of drug-likeness (QED) is 0.330. The Morgan fingerprint density at radius 3 is 2.14 bits per heavy atom. The Kier molecular flexibility index (Phi) is 5.50. The van der Waals surface area contributed by atoms with Crippen molar-refractivity contribution in [3.63, 3.8) is 0 Å². The van der Waals surface area contributed by atoms with Crippen molar-refractivity contribution in [2.45, 2.75) is 30.8 Å². The summed E-state index contributed by atoms with van der Waals surface area (Å²) in [5.74, 6) is 0. The van der Waals surface area contributed by atoms with Crippen molar-refractivity contribution in [2.24, 2.45) is 0 Å². The van der Waals surface area contributed by atoms with Crippen molar-refractivity contribution in [3.05, 3.63) is 0 Å². The second kappa shape index (κ2) is 5.59. The monoisotopic (exact) mass is 210 g/mol. The molecule has 0 fully saturated rings. The number of hydrogen-bond donors (Lipinski definition) is 5. The lowest BCUT2D eigenvalue weighted by molar-refractivity contribution is -0.182. The van der Waals surface area contributed by atoms with Crippen LogP contribution in [0.3, 0.4) is 0 Å². The molecule has 0 aliphatic heterocycles. The van der Waals surface area contributed by atoms with E-state index in [1.165, 1.54) is 7.11 Å². The summed E-state index contributed by atoms with van der Waals surface area (Å²) in [6, 6.07) is 0. The van der Waals surface area contributed by atoms with E-state index >= 15 is 0 Å². The third-order valence-corrected chi connectivity index (χ3v) is 2.15. The van der Waals surface area contributed by atoms with Gasteiger partial charge in [0.25, 0.3) is 0 Å². The summed E-state index contributed by atoms with van der Waals surface area (Å²) in [5, 5.41) is 46.0. The summed E-state index contributed by atoms with van der Waals surface area (Å²) < 4.78 is 4.57. The summed E-state index contributed by atoms with van der Waals surface area (Å²) >= 11 is 0. The highest BCUT2D eigenvalue weighted by molar-refractivity contribution is 4.92. The van der Waals surface area contributed by atoms with Crippen LogP contribution >= 0.6 is 0 Å². The molecular formula is C8H18O6. The van der Waals surface area contributed by atoms with Crippen molar-refractivity contribution >= 4 is 0 Å². The zero-order valence-electron chi connectivity index (χ0n) is 8.29. The second-order valence-corrected chi connectivity index (χ2v) is 3.39. The van der Waals surface area contributed by atoms with Gasteiger partial charge < -0.3 is 30.3 Å². The molecule has 0 aromatic carbocycles. The van der Waals surface area contributed by atoms with Crippen LogP contribution in [-0.4, -0.2) is 69.8 Å². The summed E-state index contributed by atoms with van der Waals surface area (Å²) in [5.41, 5.74) is -1.98. The average molecular weight is 210 g/mol. The van der Waals surface area contributed by atoms with E-state index in [2.05, 4.69) is 4.74 Å². The van der Waals surface area contributed by atoms with Gasteiger partial charge in [-0.3, -0.25) is 0 Å². The first-order valence-electron chi connectivity index (χ1n) is 4.24. The molecule has 0 spiro atoms. The summed E-state index contributed by atoms with van der Waals surface area (Å²) in [4.78, 5) is 0. The molecule has 0 saturated carbocycles. The van der Waals surface area contributed by atoms with Gasteiger partial charge in [0.15, 0.2) is 0 Å². The molecule has 6 nitrogen and oxygen atoms in total. The number of methoxy groups -OCH3 is 1. The lowest BCUT2D eigenvalue weighted by Crippen LogP contribution is -2.56. The Hall–Kier alpha value is -0.240. The van der Waals surface area contributed by atoms with E-state index < -0.39 is 30.5 Å². The highest BCUT2D eigenvalue weighted by Gasteiger charge is 2.41. The maximum Gasteiger partial charge on any atom is 0.118 e. The predicted molar refractivity (Wildman–Crippen MR) is 47.6 cm³/mol. The van der Waals surface area contributed by atoms with E-state index in [1.807, 2.05) is 0 Å². The van der Waals surface area contributed by atoms with Gasteiger partial charge in [0.2, 0.25) is 0 Å². The fourth-order valence-corrected chi connectivity index (χ4v) is 1.03. The highest BCUT2D eigenvalue weighted by atomic mass is 16.5. The molecule has 0 aliphatic rings. The van der Waals surface area contributed by atoms with Crippen LogP contribution in [0.15, 0.2) is 0 Å². The first-order valence-corrected chi connectivity index (χ1v) is 4.24. The van der Waals surface area contributed by atoms with Crippen LogP contribution in [-0.2, 0) is 4.74 Å². The van der Waals surface area contributed by atoms with E-state index in [0.29, 0.717) is 0 Å². The topological polar surface area (TPSA) is 110 Å². The van der Waals surface area contributed by atoms with Gasteiger partial charge in [0, 0.05) is 7.11 Å². The van der Waals surface area contributed by atoms with E-state index in [-0.39, 0.29) is 6.61 Å². The lowest BCUT2D eigenvalue weighted by atomic mass is 9.89. The zero-order valence-corrected chi connectivity index (χ0v) is 8.29. The Morgan fingerprint density at radius 2 is 1.79 bits per heavy atom. The van der Waals surface area contributed by atoms with Gasteiger partial charge in [-0.05, 0) is 6.92 Å². The largest absolute Gasteiger partial charge is 0.394 e. The van der Waals surface area contributed by atoms with E-state index in [0.717, 1.165) is 6.92 Å². The maximum absolute atomic E-state index is 9.57. The molecular weight excluding hydrogens is 192 g/mol. The fourth-order valence-electron chi connectivity index (χ4n) is 1.03. The minimum absolute atomic E-state index is 0.171. The molecule has 0 saturated heterocycles. The van der Waals surface area contributed by atoms with E-state index in [4.69, 9.17) is 10.2 Å². The van der Waals surface area contributed by atoms with Gasteiger partial charge >= 0.3 is 0 Å². The molecule has 0 aromatic rings. The molecule has 0 heterocycles. The van der Waals surface area contributed by atoms with Gasteiger partial charge in [0.05, 0.1) is 13.2 Å². The Morgan fingerprint density at radius 1 is 1.29 bits per heavy atom. The predicted octanol–water partition coefficient (Wildman–Crippen LogP) is -2.54. The Labute approximate surface area is 82.4 Å². The smallest absolute Gasteiger partial charge is 0.118 e. The fraction of sp³-hybridized carbons (Fsp3) is 1.00. The third kappa shape index (κ3) is 3.16. The normalized spacial score (nSPS) is 22.5. The van der Waals surface area contributed by atoms with Gasteiger partial charge in [-0.2, -0.15) is 0 Å². The van der Waals surface area contributed by atoms with Crippen LogP contribution in [0, 0.1) is 0 Å². The molecule has 4 atom stereocenters. The van der Waals surface area contributed by atoms with Gasteiger partial charge in [0.1, 0.15) is 23.9 Å². The Balaban J connectivity index is 4.39. The van der Waals surface area contributed by atoms with Crippen molar-refractivity contribution in [3.8, 4) is 0 Å². The van der Waals surface area contributed by atoms with Gasteiger partial charge in [-0.1, -0.05) is 0 Å². The van der Waals surface area contributed by atoms with Crippen LogP contribution in [0.4, 0.5) is 0 Å². The summed E-state index contributed by atoms with van der Waals surface area (Å²) in [7, 11) is 1.33. The van der Waals surface area contributed by atoms with Crippen molar-refractivity contribution in [2.75, 3.05) is 20.3 Å². The third-order valence-electron chi connectivity index (χ3n) is 2.15. The molecule has 0 bridgehead atoms. The lowest BCUT2D eigenvalue weighted by Gasteiger charge is -2.34. The first kappa shape index (κ1) is 13.8. The van der Waals surface area contributed by atoms with Crippen LogP contribution < -0.4 is 0 Å². The Bertz CT molecular complexity index is 160. The summed E-state index contributed by atoms with van der Waals surface area (Å²) in [6.07, 6.45) is -4.44. The van der Waals surface area contributed by atoms with Crippen molar-refractivity contribution in [1.82, 2.24) is 0 Å². The molecule has 14 heavy (non-hydrogen) atoms. The molecule has 0 amide bonds. The maximum atomic E-state index is 9.57. The number of aliphatic hydroxyl groups excluding tert-OH is 4. The number of ether oxygens (including phenoxy) is 1. The molecule has 0 aromatic heterocycles. The van der Waals surface area contributed by atoms with Crippen LogP contribution in [0.2, 0.25) is 0 Å². The van der Waals surface area contributed by atoms with E-state index in [9.17, 15) is 15.3 Å².